The first-order valence-electron chi connectivity index (χ1n) is 5.14. The van der Waals surface area contributed by atoms with Crippen molar-refractivity contribution < 1.29 is 10.2 Å². The lowest BCUT2D eigenvalue weighted by Gasteiger charge is -2.17. The molecule has 15 heavy (non-hydrogen) atoms. The molecule has 0 spiro atoms. The number of aliphatic hydroxyl groups excluding tert-OH is 2. The van der Waals surface area contributed by atoms with Crippen LogP contribution < -0.4 is 0 Å². The molecule has 0 bridgehead atoms. The molecule has 0 heterocycles. The Morgan fingerprint density at radius 1 is 1.07 bits per heavy atom. The molecule has 0 aliphatic heterocycles. The van der Waals surface area contributed by atoms with Crippen LogP contribution in [-0.2, 0) is 0 Å². The molecule has 0 amide bonds. The molecule has 0 aliphatic rings. The van der Waals surface area contributed by atoms with Crippen LogP contribution in [0.2, 0.25) is 0 Å². The molecule has 1 aromatic carbocycles. The van der Waals surface area contributed by atoms with E-state index < -0.39 is 6.10 Å². The molecule has 2 nitrogen and oxygen atoms in total. The summed E-state index contributed by atoms with van der Waals surface area (Å²) in [6, 6.07) is 7.76. The first kappa shape index (κ1) is 12.6. The van der Waals surface area contributed by atoms with Crippen LogP contribution in [0.25, 0.3) is 0 Å². The van der Waals surface area contributed by atoms with Crippen molar-refractivity contribution in [2.45, 2.75) is 43.1 Å². The van der Waals surface area contributed by atoms with Gasteiger partial charge in [-0.05, 0) is 25.5 Å². The van der Waals surface area contributed by atoms with Crippen molar-refractivity contribution in [3.05, 3.63) is 29.8 Å². The number of benzene rings is 1. The Balaban J connectivity index is 2.84. The van der Waals surface area contributed by atoms with Crippen molar-refractivity contribution in [3.8, 4) is 0 Å². The first-order valence-corrected chi connectivity index (χ1v) is 6.02. The highest BCUT2D eigenvalue weighted by Crippen LogP contribution is 2.31. The Labute approximate surface area is 95.3 Å². The van der Waals surface area contributed by atoms with Crippen LogP contribution in [0.1, 0.15) is 32.4 Å². The second-order valence-corrected chi connectivity index (χ2v) is 5.20. The molecule has 2 N–H and O–H groups in total. The van der Waals surface area contributed by atoms with E-state index in [1.807, 2.05) is 31.2 Å². The summed E-state index contributed by atoms with van der Waals surface area (Å²) in [6.45, 7) is 5.52. The topological polar surface area (TPSA) is 40.5 Å². The monoisotopic (exact) mass is 226 g/mol. The van der Waals surface area contributed by atoms with Gasteiger partial charge in [-0.2, -0.15) is 0 Å². The predicted molar refractivity (Wildman–Crippen MR) is 64.1 cm³/mol. The average Bonchev–Trinajstić information content (AvgIpc) is 2.18. The minimum atomic E-state index is -0.463. The van der Waals surface area contributed by atoms with Gasteiger partial charge >= 0.3 is 0 Å². The lowest BCUT2D eigenvalue weighted by Crippen LogP contribution is -2.15. The van der Waals surface area contributed by atoms with Gasteiger partial charge in [-0.3, -0.25) is 0 Å². The van der Waals surface area contributed by atoms with Crippen molar-refractivity contribution in [1.82, 2.24) is 0 Å². The Hall–Kier alpha value is -0.510. The second-order valence-electron chi connectivity index (χ2n) is 3.78. The van der Waals surface area contributed by atoms with Gasteiger partial charge in [0, 0.05) is 10.1 Å². The highest BCUT2D eigenvalue weighted by Gasteiger charge is 2.14. The molecule has 0 aliphatic carbocycles. The van der Waals surface area contributed by atoms with Gasteiger partial charge in [0.25, 0.3) is 0 Å². The zero-order chi connectivity index (χ0) is 11.4. The second kappa shape index (κ2) is 5.54. The quantitative estimate of drug-likeness (QED) is 0.775. The normalized spacial score (nSPS) is 17.1. The van der Waals surface area contributed by atoms with Crippen LogP contribution in [0.3, 0.4) is 0 Å². The zero-order valence-electron chi connectivity index (χ0n) is 9.34. The first-order chi connectivity index (χ1) is 7.02. The highest BCUT2D eigenvalue weighted by molar-refractivity contribution is 8.00. The Morgan fingerprint density at radius 3 is 2.20 bits per heavy atom. The van der Waals surface area contributed by atoms with E-state index in [2.05, 4.69) is 0 Å². The maximum atomic E-state index is 9.58. The summed E-state index contributed by atoms with van der Waals surface area (Å²) in [4.78, 5) is 1.04. The summed E-state index contributed by atoms with van der Waals surface area (Å²) in [6.07, 6.45) is -0.813. The molecular weight excluding hydrogens is 208 g/mol. The third-order valence-corrected chi connectivity index (χ3v) is 3.75. The van der Waals surface area contributed by atoms with Crippen LogP contribution in [0.15, 0.2) is 29.2 Å². The van der Waals surface area contributed by atoms with E-state index in [0.29, 0.717) is 0 Å². The van der Waals surface area contributed by atoms with E-state index >= 15 is 0 Å². The number of hydrogen-bond acceptors (Lipinski definition) is 3. The molecule has 0 aromatic heterocycles. The van der Waals surface area contributed by atoms with Crippen molar-refractivity contribution in [3.63, 3.8) is 0 Å². The molecule has 0 saturated heterocycles. The van der Waals surface area contributed by atoms with Crippen molar-refractivity contribution in [2.24, 2.45) is 0 Å². The van der Waals surface area contributed by atoms with Gasteiger partial charge in [0.1, 0.15) is 0 Å². The minimum absolute atomic E-state index is 0.130. The van der Waals surface area contributed by atoms with E-state index in [9.17, 15) is 10.2 Å². The SMILES string of the molecule is CC(O)C(C)Sc1ccccc1[C@H](C)O. The predicted octanol–water partition coefficient (Wildman–Crippen LogP) is 2.60. The Bertz CT molecular complexity index is 310. The van der Waals surface area contributed by atoms with E-state index in [0.717, 1.165) is 10.5 Å². The minimum Gasteiger partial charge on any atom is -0.392 e. The van der Waals surface area contributed by atoms with Crippen LogP contribution in [0.4, 0.5) is 0 Å². The van der Waals surface area contributed by atoms with Gasteiger partial charge in [-0.1, -0.05) is 25.1 Å². The maximum absolute atomic E-state index is 9.58. The number of rotatable bonds is 4. The molecule has 0 radical (unpaired) electrons. The largest absolute Gasteiger partial charge is 0.392 e. The average molecular weight is 226 g/mol. The molecule has 0 saturated carbocycles. The fourth-order valence-corrected chi connectivity index (χ4v) is 2.36. The summed E-state index contributed by atoms with van der Waals surface area (Å²) < 4.78 is 0. The lowest BCUT2D eigenvalue weighted by molar-refractivity contribution is 0.193. The summed E-state index contributed by atoms with van der Waals surface area (Å²) >= 11 is 1.60. The fraction of sp³-hybridized carbons (Fsp3) is 0.500. The van der Waals surface area contributed by atoms with Crippen LogP contribution in [-0.4, -0.2) is 21.6 Å². The highest BCUT2D eigenvalue weighted by atomic mass is 32.2. The van der Waals surface area contributed by atoms with Gasteiger partial charge in [0.15, 0.2) is 0 Å². The van der Waals surface area contributed by atoms with Crippen LogP contribution in [0, 0.1) is 0 Å². The number of aliphatic hydroxyl groups is 2. The summed E-state index contributed by atoms with van der Waals surface area (Å²) in [7, 11) is 0. The maximum Gasteiger partial charge on any atom is 0.0772 e. The molecule has 0 fully saturated rings. The standard InChI is InChI=1S/C12H18O2S/c1-8(13)10(3)15-12-7-5-4-6-11(12)9(2)14/h4-10,13-14H,1-3H3/t8?,9-,10?/m0/s1. The van der Waals surface area contributed by atoms with E-state index in [4.69, 9.17) is 0 Å². The fourth-order valence-electron chi connectivity index (χ4n) is 1.23. The molecule has 84 valence electrons. The van der Waals surface area contributed by atoms with Crippen molar-refractivity contribution in [1.29, 1.82) is 0 Å². The van der Waals surface area contributed by atoms with Gasteiger partial charge in [-0.25, -0.2) is 0 Å². The smallest absolute Gasteiger partial charge is 0.0772 e. The summed E-state index contributed by atoms with van der Waals surface area (Å²) in [5, 5.41) is 19.1. The van der Waals surface area contributed by atoms with Gasteiger partial charge in [-0.15, -0.1) is 11.8 Å². The van der Waals surface area contributed by atoms with Gasteiger partial charge < -0.3 is 10.2 Å². The third kappa shape index (κ3) is 3.52. The van der Waals surface area contributed by atoms with E-state index in [1.54, 1.807) is 25.6 Å². The summed E-state index contributed by atoms with van der Waals surface area (Å²) in [5.74, 6) is 0. The van der Waals surface area contributed by atoms with Crippen molar-refractivity contribution in [2.75, 3.05) is 0 Å². The van der Waals surface area contributed by atoms with Crippen LogP contribution in [0.5, 0.6) is 0 Å². The van der Waals surface area contributed by atoms with Gasteiger partial charge in [0.05, 0.1) is 12.2 Å². The lowest BCUT2D eigenvalue weighted by atomic mass is 10.1. The van der Waals surface area contributed by atoms with E-state index in [-0.39, 0.29) is 11.4 Å². The third-order valence-electron chi connectivity index (χ3n) is 2.36. The number of hydrogen-bond donors (Lipinski definition) is 2. The Kier molecular flexibility index (Phi) is 4.64. The molecule has 2 unspecified atom stereocenters. The number of thioether (sulfide) groups is 1. The molecule has 1 rings (SSSR count). The molecular formula is C12H18O2S. The Morgan fingerprint density at radius 2 is 1.67 bits per heavy atom. The van der Waals surface area contributed by atoms with Gasteiger partial charge in [0.2, 0.25) is 0 Å². The zero-order valence-corrected chi connectivity index (χ0v) is 10.2. The summed E-state index contributed by atoms with van der Waals surface area (Å²) in [5.41, 5.74) is 0.926. The molecule has 1 aromatic rings. The molecule has 3 atom stereocenters. The van der Waals surface area contributed by atoms with E-state index in [1.165, 1.54) is 0 Å². The van der Waals surface area contributed by atoms with Crippen molar-refractivity contribution >= 4 is 11.8 Å². The molecule has 3 heteroatoms. The van der Waals surface area contributed by atoms with Crippen LogP contribution >= 0.6 is 11.8 Å².